The van der Waals surface area contributed by atoms with Crippen molar-refractivity contribution in [3.8, 4) is 57.1 Å². The second kappa shape index (κ2) is 30.8. The van der Waals surface area contributed by atoms with Crippen LogP contribution in [0.5, 0.6) is 46.0 Å². The maximum atomic E-state index is 15.8. The molecule has 2 saturated heterocycles. The van der Waals surface area contributed by atoms with Gasteiger partial charge in [0.2, 0.25) is 53.4 Å². The summed E-state index contributed by atoms with van der Waals surface area (Å²) in [6.45, 7) is 5.71. The van der Waals surface area contributed by atoms with E-state index in [4.69, 9.17) is 63.1 Å². The number of phenolic OH excluding ortho intramolecular Hbond substituents is 3. The van der Waals surface area contributed by atoms with Crippen LogP contribution in [-0.4, -0.2) is 197 Å². The van der Waals surface area contributed by atoms with Crippen LogP contribution in [0.3, 0.4) is 0 Å². The van der Waals surface area contributed by atoms with Gasteiger partial charge in [-0.15, -0.1) is 0 Å². The first-order valence-corrected chi connectivity index (χ1v) is 32.9. The molecule has 12 rings (SSSR count). The van der Waals surface area contributed by atoms with Gasteiger partial charge in [0.15, 0.2) is 29.9 Å². The number of aliphatic carboxylic acids is 1. The number of phenols is 3. The molecule has 12 bridgehead atoms. The SMILES string of the molecule is CN[C@H](CC(C)C)C(=O)NC1C(=O)N[C@@H](CC(N)=O)C(=O)N[C@@H]2Cc3cc(c(O[C@H]4OC(CO)[C@@H](O)[C@H](O)C4OC4CC(C)(N)C(O)C(C)O4)c(c3)Oc3ccc(cc3Cl)[C@@H](O)[C@@H]3NC(=O)[C@H](NC2=O)c2ccc(O)c(c2)-c2c(O)cc(O)cc2C(C(=O)O)NC3=O)Oc2ccc(cc2Cl)[C@H]1O. The minimum atomic E-state index is -2.29. The van der Waals surface area contributed by atoms with E-state index in [0.717, 1.165) is 54.6 Å². The first-order chi connectivity index (χ1) is 48.1. The number of aromatic hydroxyl groups is 3. The number of fused-ring (bicyclic) bond motifs is 15. The molecule has 0 aromatic heterocycles. The molecule has 18 atom stereocenters. The summed E-state index contributed by atoms with van der Waals surface area (Å²) in [4.78, 5) is 116. The summed E-state index contributed by atoms with van der Waals surface area (Å²) in [5, 5.41) is 131. The molecule has 7 amide bonds. The molecule has 548 valence electrons. The van der Waals surface area contributed by atoms with E-state index >= 15 is 14.4 Å². The number of benzene rings is 5. The molecule has 7 heterocycles. The van der Waals surface area contributed by atoms with Gasteiger partial charge in [-0.2, -0.15) is 0 Å². The summed E-state index contributed by atoms with van der Waals surface area (Å²) in [7, 11) is 1.47. The van der Waals surface area contributed by atoms with Gasteiger partial charge >= 0.3 is 5.97 Å². The lowest BCUT2D eigenvalue weighted by molar-refractivity contribution is -0.333. The number of aliphatic hydroxyl groups is 6. The van der Waals surface area contributed by atoms with Crippen LogP contribution in [0.1, 0.15) is 99.1 Å². The lowest BCUT2D eigenvalue weighted by Gasteiger charge is -2.47. The molecule has 102 heavy (non-hydrogen) atoms. The smallest absolute Gasteiger partial charge is 0.330 e. The number of nitrogens with two attached hydrogens (primary N) is 2. The number of amides is 7. The van der Waals surface area contributed by atoms with Gasteiger partial charge in [0.05, 0.1) is 41.3 Å². The van der Waals surface area contributed by atoms with Gasteiger partial charge in [-0.25, -0.2) is 4.79 Å². The van der Waals surface area contributed by atoms with Crippen LogP contribution >= 0.6 is 23.2 Å². The summed E-state index contributed by atoms with van der Waals surface area (Å²) in [5.74, 6) is -15.3. The Morgan fingerprint density at radius 1 is 0.735 bits per heavy atom. The molecular formula is C67H77Cl2N9O24. The van der Waals surface area contributed by atoms with Crippen LogP contribution < -0.4 is 62.9 Å². The Balaban J connectivity index is 1.22. The molecule has 5 aromatic rings. The van der Waals surface area contributed by atoms with Crippen molar-refractivity contribution in [1.82, 2.24) is 37.2 Å². The predicted octanol–water partition coefficient (Wildman–Crippen LogP) is -0.0238. The van der Waals surface area contributed by atoms with Crippen LogP contribution in [-0.2, 0) is 59.0 Å². The van der Waals surface area contributed by atoms with Crippen LogP contribution in [0.25, 0.3) is 11.1 Å². The van der Waals surface area contributed by atoms with E-state index in [1.807, 2.05) is 13.8 Å². The highest BCUT2D eigenvalue weighted by Gasteiger charge is 2.51. The topological polar surface area (TPSA) is 530 Å². The number of carbonyl (C=O) groups is 8. The molecule has 33 nitrogen and oxygen atoms in total. The zero-order valence-electron chi connectivity index (χ0n) is 55.0. The molecular weight excluding hydrogens is 1390 g/mol. The lowest BCUT2D eigenvalue weighted by atomic mass is 9.86. The highest BCUT2D eigenvalue weighted by atomic mass is 35.5. The number of nitrogens with one attached hydrogen (secondary N) is 7. The van der Waals surface area contributed by atoms with Gasteiger partial charge in [0.1, 0.15) is 89.5 Å². The Labute approximate surface area is 590 Å². The average molecular weight is 1460 g/mol. The molecule has 0 spiro atoms. The number of likely N-dealkylation sites (N-methyl/N-ethyl adjacent to an activating group) is 1. The van der Waals surface area contributed by atoms with E-state index in [1.54, 1.807) is 0 Å². The average Bonchev–Trinajstić information content (AvgIpc) is 0.838. The minimum Gasteiger partial charge on any atom is -0.508 e. The van der Waals surface area contributed by atoms with E-state index in [0.29, 0.717) is 0 Å². The minimum absolute atomic E-state index is 0.0978. The molecule has 0 radical (unpaired) electrons. The van der Waals surface area contributed by atoms with Crippen molar-refractivity contribution in [3.63, 3.8) is 0 Å². The number of carboxylic acid groups (broad SMARTS) is 1. The Kier molecular flexibility index (Phi) is 22.8. The second-order valence-corrected chi connectivity index (χ2v) is 26.9. The van der Waals surface area contributed by atoms with Crippen molar-refractivity contribution >= 4 is 70.5 Å². The van der Waals surface area contributed by atoms with Gasteiger partial charge in [0.25, 0.3) is 0 Å². The Morgan fingerprint density at radius 2 is 1.37 bits per heavy atom. The fourth-order valence-electron chi connectivity index (χ4n) is 12.7. The van der Waals surface area contributed by atoms with E-state index in [2.05, 4.69) is 37.2 Å². The third-order valence-electron chi connectivity index (χ3n) is 18.0. The van der Waals surface area contributed by atoms with Crippen molar-refractivity contribution in [1.29, 1.82) is 0 Å². The van der Waals surface area contributed by atoms with E-state index in [1.165, 1.54) is 45.2 Å². The molecule has 7 aliphatic rings. The number of halogens is 2. The highest BCUT2D eigenvalue weighted by molar-refractivity contribution is 6.32. The van der Waals surface area contributed by atoms with Gasteiger partial charge in [0, 0.05) is 41.1 Å². The highest BCUT2D eigenvalue weighted by Crippen LogP contribution is 2.49. The van der Waals surface area contributed by atoms with Crippen LogP contribution in [0.15, 0.2) is 78.9 Å². The molecule has 21 N–H and O–H groups in total. The Morgan fingerprint density at radius 3 is 1.96 bits per heavy atom. The van der Waals surface area contributed by atoms with Crippen LogP contribution in [0, 0.1) is 5.92 Å². The Hall–Kier alpha value is -9.20. The summed E-state index contributed by atoms with van der Waals surface area (Å²) >= 11 is 14.1. The van der Waals surface area contributed by atoms with Crippen molar-refractivity contribution in [3.05, 3.63) is 117 Å². The molecule has 0 aliphatic carbocycles. The number of primary amides is 1. The van der Waals surface area contributed by atoms with Crippen LogP contribution in [0.4, 0.5) is 0 Å². The monoisotopic (exact) mass is 1460 g/mol. The number of ether oxygens (including phenoxy) is 6. The number of carboxylic acids is 1. The first kappa shape index (κ1) is 75.5. The zero-order valence-corrected chi connectivity index (χ0v) is 56.5. The molecule has 0 saturated carbocycles. The van der Waals surface area contributed by atoms with Gasteiger partial charge in [-0.05, 0) is 110 Å². The fourth-order valence-corrected chi connectivity index (χ4v) is 13.1. The van der Waals surface area contributed by atoms with Crippen molar-refractivity contribution in [2.75, 3.05) is 13.7 Å². The van der Waals surface area contributed by atoms with Gasteiger partial charge < -0.3 is 128 Å². The van der Waals surface area contributed by atoms with Gasteiger partial charge in [-0.3, -0.25) is 33.6 Å². The van der Waals surface area contributed by atoms with Crippen LogP contribution in [0.2, 0.25) is 10.0 Å². The Bertz CT molecular complexity index is 4090. The number of hydrogen-bond acceptors (Lipinski definition) is 25. The fraction of sp³-hybridized carbons (Fsp3) is 0.433. The number of carbonyl (C=O) groups excluding carboxylic acids is 7. The summed E-state index contributed by atoms with van der Waals surface area (Å²) in [6, 6.07) is 0.241. The van der Waals surface area contributed by atoms with E-state index < -0.39 is 232 Å². The molecule has 8 unspecified atom stereocenters. The maximum Gasteiger partial charge on any atom is 0.330 e. The second-order valence-electron chi connectivity index (χ2n) is 26.1. The predicted molar refractivity (Wildman–Crippen MR) is 354 cm³/mol. The lowest BCUT2D eigenvalue weighted by Crippen LogP contribution is -2.64. The third-order valence-corrected chi connectivity index (χ3v) is 18.6. The summed E-state index contributed by atoms with van der Waals surface area (Å²) in [6.07, 6.45) is -19.1. The van der Waals surface area contributed by atoms with Crippen molar-refractivity contribution in [2.24, 2.45) is 17.4 Å². The van der Waals surface area contributed by atoms with Crippen molar-refractivity contribution < 1.29 is 118 Å². The first-order valence-electron chi connectivity index (χ1n) is 32.1. The largest absolute Gasteiger partial charge is 0.508 e. The summed E-state index contributed by atoms with van der Waals surface area (Å²) < 4.78 is 38.4. The van der Waals surface area contributed by atoms with Crippen molar-refractivity contribution in [2.45, 2.75) is 163 Å². The summed E-state index contributed by atoms with van der Waals surface area (Å²) in [5.41, 5.74) is 8.45. The number of aliphatic hydroxyl groups excluding tert-OH is 6. The molecule has 7 aliphatic heterocycles. The number of hydrogen-bond donors (Lipinski definition) is 19. The molecule has 2 fully saturated rings. The normalized spacial score (nSPS) is 29.4. The quantitative estimate of drug-likeness (QED) is 0.0736. The van der Waals surface area contributed by atoms with Gasteiger partial charge in [-0.1, -0.05) is 55.2 Å². The standard InChI is InChI=1S/C67H77Cl2N9O24/c1-24(2)12-35(72-5)59(89)77-50-52(84)28-7-10-40(33(68)17-28)98-42-14-26-13-36(73-60(90)37(21-45(70)83)74-63(50)93)61(91)75-48-27-6-9-38(81)31(16-27)47-32(19-30(80)20-39(47)82)49(65(95)96)76-64(94)51(78-62(48)92)53(85)29-8-11-41(34(69)18-29)99-43(15-26)56(42)102-66-57(55(87)54(86)44(23-79)100-66)101-46-22-67(4,71)58(88)25(3)97-46/h6-11,14-20,24-25,35-37,44,46,48-55,57-58,66,72,79-82,84-88H,12-13,21-23,71H2,1-5H3,(H2,70,83)(H,73,90)(H,74,93)(H,75,91)(H,76,94)(H,77,89)(H,78,92)(H,95,96)/t25?,35-,36-,37+,44?,46?,48-,49?,50?,51+,52-,53-,54-,55+,57?,58?,66-,67?/m1/s1. The third kappa shape index (κ3) is 16.2. The van der Waals surface area contributed by atoms with E-state index in [9.17, 15) is 75.0 Å². The molecule has 5 aromatic carbocycles. The van der Waals surface area contributed by atoms with E-state index in [-0.39, 0.29) is 57.5 Å². The maximum absolute atomic E-state index is 15.8. The molecule has 35 heteroatoms. The zero-order chi connectivity index (χ0) is 74.2. The number of rotatable bonds is 13.